The van der Waals surface area contributed by atoms with Gasteiger partial charge in [-0.2, -0.15) is 4.98 Å². The van der Waals surface area contributed by atoms with E-state index in [2.05, 4.69) is 26.9 Å². The van der Waals surface area contributed by atoms with Crippen LogP contribution < -0.4 is 0 Å². The van der Waals surface area contributed by atoms with Crippen molar-refractivity contribution in [2.24, 2.45) is 0 Å². The van der Waals surface area contributed by atoms with Crippen LogP contribution in [0.15, 0.2) is 59.1 Å². The molecule has 0 saturated carbocycles. The summed E-state index contributed by atoms with van der Waals surface area (Å²) in [6.45, 7) is 6.62. The summed E-state index contributed by atoms with van der Waals surface area (Å²) in [4.78, 5) is 20.3. The molecule has 0 spiro atoms. The summed E-state index contributed by atoms with van der Waals surface area (Å²) in [6, 6.07) is 17.0. The van der Waals surface area contributed by atoms with E-state index >= 15 is 0 Å². The van der Waals surface area contributed by atoms with Crippen LogP contribution in [0.3, 0.4) is 0 Å². The van der Waals surface area contributed by atoms with E-state index in [1.807, 2.05) is 42.5 Å². The zero-order chi connectivity index (χ0) is 20.2. The topological polar surface area (TPSA) is 82.7 Å². The molecule has 1 aliphatic rings. The first-order valence-electron chi connectivity index (χ1n) is 9.78. The van der Waals surface area contributed by atoms with Gasteiger partial charge in [-0.15, -0.1) is 0 Å². The second-order valence-electron chi connectivity index (χ2n) is 7.31. The number of piperazine rings is 1. The quantitative estimate of drug-likeness (QED) is 0.689. The third kappa shape index (κ3) is 4.52. The first kappa shape index (κ1) is 19.3. The third-order valence-electron chi connectivity index (χ3n) is 5.39. The number of aromatic nitrogens is 2. The Balaban J connectivity index is 1.32. The lowest BCUT2D eigenvalue weighted by Crippen LogP contribution is -2.46. The monoisotopic (exact) mass is 392 g/mol. The van der Waals surface area contributed by atoms with E-state index in [1.165, 1.54) is 0 Å². The summed E-state index contributed by atoms with van der Waals surface area (Å²) in [6.07, 6.45) is 0. The molecule has 2 aromatic carbocycles. The summed E-state index contributed by atoms with van der Waals surface area (Å²) in [5.41, 5.74) is 2.40. The van der Waals surface area contributed by atoms with Crippen LogP contribution in [0.25, 0.3) is 11.4 Å². The van der Waals surface area contributed by atoms with Crippen LogP contribution in [0.4, 0.5) is 0 Å². The third-order valence-corrected chi connectivity index (χ3v) is 5.39. The average molecular weight is 392 g/mol. The van der Waals surface area contributed by atoms with Crippen LogP contribution in [-0.4, -0.2) is 57.2 Å². The van der Waals surface area contributed by atoms with Crippen molar-refractivity contribution in [3.05, 3.63) is 71.6 Å². The molecule has 3 aromatic rings. The Labute approximate surface area is 169 Å². The minimum atomic E-state index is -0.893. The molecule has 1 saturated heterocycles. The van der Waals surface area contributed by atoms with Crippen molar-refractivity contribution in [1.29, 1.82) is 0 Å². The Hall–Kier alpha value is -3.03. The van der Waals surface area contributed by atoms with E-state index in [0.29, 0.717) is 17.3 Å². The number of carboxylic acids is 1. The molecule has 0 amide bonds. The largest absolute Gasteiger partial charge is 0.478 e. The van der Waals surface area contributed by atoms with Crippen molar-refractivity contribution >= 4 is 5.97 Å². The van der Waals surface area contributed by atoms with Gasteiger partial charge in [0.1, 0.15) is 0 Å². The van der Waals surface area contributed by atoms with E-state index in [4.69, 9.17) is 9.63 Å². The number of hydrogen-bond donors (Lipinski definition) is 1. The summed E-state index contributed by atoms with van der Waals surface area (Å²) >= 11 is 0. The zero-order valence-corrected chi connectivity index (χ0v) is 16.4. The van der Waals surface area contributed by atoms with E-state index in [-0.39, 0.29) is 6.04 Å². The number of carbonyl (C=O) groups is 1. The van der Waals surface area contributed by atoms with Crippen molar-refractivity contribution in [3.8, 4) is 11.4 Å². The predicted octanol–water partition coefficient (Wildman–Crippen LogP) is 3.31. The number of hydrogen-bond acceptors (Lipinski definition) is 6. The van der Waals surface area contributed by atoms with Gasteiger partial charge in [-0.05, 0) is 24.6 Å². The van der Waals surface area contributed by atoms with Crippen LogP contribution in [0.2, 0.25) is 0 Å². The smallest absolute Gasteiger partial charge is 0.335 e. The molecule has 29 heavy (non-hydrogen) atoms. The fourth-order valence-corrected chi connectivity index (χ4v) is 3.59. The molecule has 4 rings (SSSR count). The highest BCUT2D eigenvalue weighted by atomic mass is 16.5. The van der Waals surface area contributed by atoms with Gasteiger partial charge in [-0.3, -0.25) is 9.80 Å². The first-order valence-corrected chi connectivity index (χ1v) is 9.78. The van der Waals surface area contributed by atoms with Crippen LogP contribution in [0.5, 0.6) is 0 Å². The lowest BCUT2D eigenvalue weighted by molar-refractivity contribution is 0.0696. The molecule has 0 bridgehead atoms. The maximum absolute atomic E-state index is 11.0. The van der Waals surface area contributed by atoms with Gasteiger partial charge in [0, 0.05) is 38.3 Å². The Morgan fingerprint density at radius 2 is 1.76 bits per heavy atom. The Bertz CT molecular complexity index is 948. The van der Waals surface area contributed by atoms with Crippen LogP contribution in [-0.2, 0) is 6.54 Å². The number of rotatable bonds is 6. The van der Waals surface area contributed by atoms with Gasteiger partial charge < -0.3 is 9.63 Å². The van der Waals surface area contributed by atoms with Crippen LogP contribution >= 0.6 is 0 Å². The van der Waals surface area contributed by atoms with Crippen molar-refractivity contribution < 1.29 is 14.4 Å². The molecule has 2 heterocycles. The standard InChI is InChI=1S/C22H24N4O3/c1-16(21-23-20(24-29-21)18-5-3-2-4-6-18)26-13-11-25(12-14-26)15-17-7-9-19(10-8-17)22(27)28/h2-10,16H,11-15H2,1H3,(H,27,28). The Kier molecular flexibility index (Phi) is 5.69. The number of carboxylic acid groups (broad SMARTS) is 1. The van der Waals surface area contributed by atoms with Crippen LogP contribution in [0.1, 0.15) is 34.8 Å². The normalized spacial score (nSPS) is 16.6. The fraction of sp³-hybridized carbons (Fsp3) is 0.318. The van der Waals surface area contributed by atoms with E-state index in [9.17, 15) is 4.79 Å². The van der Waals surface area contributed by atoms with Crippen molar-refractivity contribution in [3.63, 3.8) is 0 Å². The Morgan fingerprint density at radius 3 is 2.41 bits per heavy atom. The fourth-order valence-electron chi connectivity index (χ4n) is 3.59. The van der Waals surface area contributed by atoms with Gasteiger partial charge in [-0.25, -0.2) is 4.79 Å². The highest BCUT2D eigenvalue weighted by Gasteiger charge is 2.26. The molecule has 1 unspecified atom stereocenters. The molecule has 1 aromatic heterocycles. The molecule has 7 heteroatoms. The number of aromatic carboxylic acids is 1. The van der Waals surface area contributed by atoms with Crippen molar-refractivity contribution in [2.45, 2.75) is 19.5 Å². The van der Waals surface area contributed by atoms with Gasteiger partial charge in [0.25, 0.3) is 0 Å². The highest BCUT2D eigenvalue weighted by Crippen LogP contribution is 2.23. The first-order chi connectivity index (χ1) is 14.1. The lowest BCUT2D eigenvalue weighted by atomic mass is 10.1. The van der Waals surface area contributed by atoms with Crippen molar-refractivity contribution in [1.82, 2.24) is 19.9 Å². The molecular weight excluding hydrogens is 368 g/mol. The minimum Gasteiger partial charge on any atom is -0.478 e. The number of benzene rings is 2. The van der Waals surface area contributed by atoms with Gasteiger partial charge in [0.2, 0.25) is 11.7 Å². The minimum absolute atomic E-state index is 0.0666. The molecule has 7 nitrogen and oxygen atoms in total. The second kappa shape index (κ2) is 8.55. The van der Waals surface area contributed by atoms with Gasteiger partial charge >= 0.3 is 5.97 Å². The average Bonchev–Trinajstić information content (AvgIpc) is 3.25. The summed E-state index contributed by atoms with van der Waals surface area (Å²) in [5, 5.41) is 13.1. The Morgan fingerprint density at radius 1 is 1.07 bits per heavy atom. The second-order valence-corrected chi connectivity index (χ2v) is 7.31. The predicted molar refractivity (Wildman–Crippen MR) is 108 cm³/mol. The molecule has 1 atom stereocenters. The molecule has 0 aliphatic carbocycles. The summed E-state index contributed by atoms with van der Waals surface area (Å²) in [7, 11) is 0. The molecule has 1 N–H and O–H groups in total. The van der Waals surface area contributed by atoms with E-state index in [1.54, 1.807) is 12.1 Å². The zero-order valence-electron chi connectivity index (χ0n) is 16.4. The molecule has 1 fully saturated rings. The van der Waals surface area contributed by atoms with Gasteiger partial charge in [0.05, 0.1) is 11.6 Å². The highest BCUT2D eigenvalue weighted by molar-refractivity contribution is 5.87. The summed E-state index contributed by atoms with van der Waals surface area (Å²) in [5.74, 6) is 0.369. The maximum Gasteiger partial charge on any atom is 0.335 e. The summed E-state index contributed by atoms with van der Waals surface area (Å²) < 4.78 is 5.52. The van der Waals surface area contributed by atoms with Crippen LogP contribution in [0, 0.1) is 0 Å². The van der Waals surface area contributed by atoms with Gasteiger partial charge in [0.15, 0.2) is 0 Å². The number of nitrogens with zero attached hydrogens (tertiary/aromatic N) is 4. The maximum atomic E-state index is 11.0. The molecule has 0 radical (unpaired) electrons. The molecule has 150 valence electrons. The SMILES string of the molecule is CC(c1nc(-c2ccccc2)no1)N1CCN(Cc2ccc(C(=O)O)cc2)CC1. The lowest BCUT2D eigenvalue weighted by Gasteiger charge is -2.36. The molecular formula is C22H24N4O3. The van der Waals surface area contributed by atoms with E-state index < -0.39 is 5.97 Å². The van der Waals surface area contributed by atoms with Crippen molar-refractivity contribution in [2.75, 3.05) is 26.2 Å². The molecule has 1 aliphatic heterocycles. The van der Waals surface area contributed by atoms with Gasteiger partial charge in [-0.1, -0.05) is 47.6 Å². The van der Waals surface area contributed by atoms with E-state index in [0.717, 1.165) is 43.9 Å².